The number of hydrogen-bond donors (Lipinski definition) is 0. The van der Waals surface area contributed by atoms with Gasteiger partial charge in [-0.05, 0) is 26.0 Å². The number of thioether (sulfide) groups is 1. The fourth-order valence-corrected chi connectivity index (χ4v) is 5.32. The molecule has 0 saturated carbocycles. The highest BCUT2D eigenvalue weighted by molar-refractivity contribution is 8.00. The summed E-state index contributed by atoms with van der Waals surface area (Å²) < 4.78 is 31.5. The van der Waals surface area contributed by atoms with E-state index < -0.39 is 22.0 Å². The second-order valence-corrected chi connectivity index (χ2v) is 8.71. The van der Waals surface area contributed by atoms with Crippen LogP contribution in [0, 0.1) is 0 Å². The minimum absolute atomic E-state index is 0.0180. The monoisotopic (exact) mass is 387 g/mol. The van der Waals surface area contributed by atoms with Gasteiger partial charge in [-0.2, -0.15) is 4.31 Å². The number of sulfonamides is 1. The quantitative estimate of drug-likeness (QED) is 0.689. The highest BCUT2D eigenvalue weighted by Crippen LogP contribution is 2.29. The van der Waals surface area contributed by atoms with Crippen molar-refractivity contribution in [2.24, 2.45) is 0 Å². The number of nitrogens with zero attached hydrogens (tertiary/aromatic N) is 3. The van der Waals surface area contributed by atoms with Gasteiger partial charge in [0.2, 0.25) is 15.9 Å². The van der Waals surface area contributed by atoms with Crippen LogP contribution in [0.15, 0.2) is 23.2 Å². The van der Waals surface area contributed by atoms with Crippen LogP contribution in [0.5, 0.6) is 0 Å². The zero-order valence-electron chi connectivity index (χ0n) is 14.5. The van der Waals surface area contributed by atoms with E-state index in [2.05, 4.69) is 9.72 Å². The van der Waals surface area contributed by atoms with Crippen molar-refractivity contribution in [3.05, 3.63) is 24.0 Å². The lowest BCUT2D eigenvalue weighted by atomic mass is 10.2. The highest BCUT2D eigenvalue weighted by atomic mass is 32.2. The van der Waals surface area contributed by atoms with Crippen molar-refractivity contribution in [1.82, 2.24) is 14.2 Å². The standard InChI is InChI=1S/C15H21N3O5S2/c1-10(2)17(3)14(19)13-8-24-9-18(13)25(21,22)11-5-6-12(16-7-11)15(20)23-4/h5-7,10,13H,8-9H2,1-4H3/t13-/m1/s1. The molecular formula is C15H21N3O5S2. The molecule has 2 heterocycles. The van der Waals surface area contributed by atoms with Crippen LogP contribution in [0.1, 0.15) is 24.3 Å². The van der Waals surface area contributed by atoms with Gasteiger partial charge in [0.15, 0.2) is 0 Å². The molecule has 0 bridgehead atoms. The number of rotatable bonds is 5. The Labute approximate surface area is 151 Å². The fraction of sp³-hybridized carbons (Fsp3) is 0.533. The summed E-state index contributed by atoms with van der Waals surface area (Å²) in [6.45, 7) is 3.74. The Morgan fingerprint density at radius 1 is 1.40 bits per heavy atom. The fourth-order valence-electron chi connectivity index (χ4n) is 2.24. The van der Waals surface area contributed by atoms with E-state index in [9.17, 15) is 18.0 Å². The third-order valence-corrected chi connectivity index (χ3v) is 7.00. The van der Waals surface area contributed by atoms with Gasteiger partial charge >= 0.3 is 5.97 Å². The summed E-state index contributed by atoms with van der Waals surface area (Å²) in [7, 11) is -1.01. The maximum atomic E-state index is 12.9. The summed E-state index contributed by atoms with van der Waals surface area (Å²) in [5, 5.41) is 0. The van der Waals surface area contributed by atoms with Gasteiger partial charge in [0.05, 0.1) is 13.0 Å². The first-order chi connectivity index (χ1) is 11.7. The minimum Gasteiger partial charge on any atom is -0.464 e. The number of aromatic nitrogens is 1. The molecule has 0 unspecified atom stereocenters. The van der Waals surface area contributed by atoms with Crippen LogP contribution in [0.4, 0.5) is 0 Å². The van der Waals surface area contributed by atoms with Crippen molar-refractivity contribution in [2.75, 3.05) is 25.8 Å². The van der Waals surface area contributed by atoms with Crippen molar-refractivity contribution < 1.29 is 22.7 Å². The Balaban J connectivity index is 2.28. The molecule has 0 spiro atoms. The number of carbonyl (C=O) groups excluding carboxylic acids is 2. The molecule has 1 fully saturated rings. The molecule has 1 atom stereocenters. The molecule has 1 aliphatic heterocycles. The largest absolute Gasteiger partial charge is 0.464 e. The lowest BCUT2D eigenvalue weighted by Crippen LogP contribution is -2.49. The maximum Gasteiger partial charge on any atom is 0.356 e. The summed E-state index contributed by atoms with van der Waals surface area (Å²) in [5.74, 6) is -0.276. The van der Waals surface area contributed by atoms with Crippen LogP contribution < -0.4 is 0 Å². The number of hydrogen-bond acceptors (Lipinski definition) is 7. The Hall–Kier alpha value is -1.65. The molecule has 1 aromatic rings. The predicted molar refractivity (Wildman–Crippen MR) is 93.6 cm³/mol. The van der Waals surface area contributed by atoms with Crippen molar-refractivity contribution in [1.29, 1.82) is 0 Å². The van der Waals surface area contributed by atoms with E-state index >= 15 is 0 Å². The van der Waals surface area contributed by atoms with Gasteiger partial charge in [-0.3, -0.25) is 4.79 Å². The van der Waals surface area contributed by atoms with Crippen molar-refractivity contribution in [3.63, 3.8) is 0 Å². The van der Waals surface area contributed by atoms with Gasteiger partial charge in [0.25, 0.3) is 0 Å². The molecule has 1 aliphatic rings. The molecule has 10 heteroatoms. The van der Waals surface area contributed by atoms with Gasteiger partial charge in [-0.15, -0.1) is 11.8 Å². The Bertz CT molecular complexity index is 749. The van der Waals surface area contributed by atoms with Crippen LogP contribution in [0.2, 0.25) is 0 Å². The molecule has 1 saturated heterocycles. The van der Waals surface area contributed by atoms with Crippen LogP contribution in [-0.4, -0.2) is 72.4 Å². The molecule has 25 heavy (non-hydrogen) atoms. The van der Waals surface area contributed by atoms with Crippen molar-refractivity contribution in [2.45, 2.75) is 30.8 Å². The van der Waals surface area contributed by atoms with E-state index in [1.54, 1.807) is 7.05 Å². The van der Waals surface area contributed by atoms with Crippen LogP contribution in [0.25, 0.3) is 0 Å². The van der Waals surface area contributed by atoms with Gasteiger partial charge in [0, 0.05) is 25.0 Å². The Morgan fingerprint density at radius 3 is 2.60 bits per heavy atom. The highest BCUT2D eigenvalue weighted by Gasteiger charge is 2.41. The Kier molecular flexibility index (Phi) is 6.07. The summed E-state index contributed by atoms with van der Waals surface area (Å²) >= 11 is 1.39. The minimum atomic E-state index is -3.89. The molecule has 0 radical (unpaired) electrons. The molecule has 1 aromatic heterocycles. The topological polar surface area (TPSA) is 96.9 Å². The first kappa shape index (κ1) is 19.7. The van der Waals surface area contributed by atoms with Crippen LogP contribution in [0.3, 0.4) is 0 Å². The zero-order valence-corrected chi connectivity index (χ0v) is 16.1. The maximum absolute atomic E-state index is 12.9. The number of ether oxygens (including phenoxy) is 1. The zero-order chi connectivity index (χ0) is 18.8. The molecule has 1 amide bonds. The number of amides is 1. The SMILES string of the molecule is COC(=O)c1ccc(S(=O)(=O)N2CSC[C@@H]2C(=O)N(C)C(C)C)cn1. The Morgan fingerprint density at radius 2 is 2.08 bits per heavy atom. The van der Waals surface area contributed by atoms with E-state index in [1.165, 1.54) is 40.2 Å². The lowest BCUT2D eigenvalue weighted by Gasteiger charge is -2.29. The van der Waals surface area contributed by atoms with Gasteiger partial charge in [-0.1, -0.05) is 0 Å². The molecular weight excluding hydrogens is 366 g/mol. The number of pyridine rings is 1. The van der Waals surface area contributed by atoms with E-state index in [4.69, 9.17) is 0 Å². The van der Waals surface area contributed by atoms with E-state index in [-0.39, 0.29) is 28.4 Å². The first-order valence-corrected chi connectivity index (χ1v) is 10.2. The molecule has 0 N–H and O–H groups in total. The summed E-state index contributed by atoms with van der Waals surface area (Å²) in [6, 6.07) is 1.82. The van der Waals surface area contributed by atoms with Gasteiger partial charge in [0.1, 0.15) is 16.6 Å². The second kappa shape index (κ2) is 7.71. The van der Waals surface area contributed by atoms with E-state index in [0.717, 1.165) is 6.20 Å². The number of esters is 1. The average Bonchev–Trinajstić information content (AvgIpc) is 3.10. The lowest BCUT2D eigenvalue weighted by molar-refractivity contribution is -0.134. The number of methoxy groups -OCH3 is 1. The van der Waals surface area contributed by atoms with Gasteiger partial charge in [-0.25, -0.2) is 18.2 Å². The molecule has 2 rings (SSSR count). The van der Waals surface area contributed by atoms with Crippen LogP contribution in [-0.2, 0) is 19.6 Å². The third-order valence-electron chi connectivity index (χ3n) is 3.99. The van der Waals surface area contributed by atoms with E-state index in [0.29, 0.717) is 5.75 Å². The summed E-state index contributed by atoms with van der Waals surface area (Å²) in [5.41, 5.74) is 0.0180. The third kappa shape index (κ3) is 3.96. The molecule has 0 aromatic carbocycles. The average molecular weight is 387 g/mol. The predicted octanol–water partition coefficient (Wildman–Crippen LogP) is 0.799. The first-order valence-electron chi connectivity index (χ1n) is 7.60. The normalized spacial score (nSPS) is 18.4. The number of likely N-dealkylation sites (N-methyl/N-ethyl adjacent to an activating group) is 1. The van der Waals surface area contributed by atoms with Crippen molar-refractivity contribution >= 4 is 33.7 Å². The van der Waals surface area contributed by atoms with Gasteiger partial charge < -0.3 is 9.64 Å². The summed E-state index contributed by atoms with van der Waals surface area (Å²) in [4.78, 5) is 29.3. The van der Waals surface area contributed by atoms with Crippen LogP contribution >= 0.6 is 11.8 Å². The van der Waals surface area contributed by atoms with Crippen molar-refractivity contribution in [3.8, 4) is 0 Å². The molecule has 8 nitrogen and oxygen atoms in total. The molecule has 0 aliphatic carbocycles. The smallest absolute Gasteiger partial charge is 0.356 e. The molecule has 138 valence electrons. The summed E-state index contributed by atoms with van der Waals surface area (Å²) in [6.07, 6.45) is 1.11. The van der Waals surface area contributed by atoms with E-state index in [1.807, 2.05) is 13.8 Å². The second-order valence-electron chi connectivity index (χ2n) is 5.82. The number of carbonyl (C=O) groups is 2.